The lowest BCUT2D eigenvalue weighted by molar-refractivity contribution is 0.174. The number of fused-ring (bicyclic) bond motifs is 1. The Morgan fingerprint density at radius 2 is 1.80 bits per heavy atom. The highest BCUT2D eigenvalue weighted by Crippen LogP contribution is 2.38. The van der Waals surface area contributed by atoms with Crippen LogP contribution in [0.1, 0.15) is 16.7 Å². The lowest BCUT2D eigenvalue weighted by atomic mass is 10.0. The molecule has 0 N–H and O–H groups in total. The topological polar surface area (TPSA) is 51.5 Å². The summed E-state index contributed by atoms with van der Waals surface area (Å²) < 4.78 is 18.2. The Kier molecular flexibility index (Phi) is 6.33. The van der Waals surface area contributed by atoms with E-state index in [0.717, 1.165) is 25.6 Å². The van der Waals surface area contributed by atoms with Crippen molar-refractivity contribution in [3.05, 3.63) is 85.3 Å². The van der Waals surface area contributed by atoms with Gasteiger partial charge >= 0.3 is 0 Å². The molecular formula is C23H14Br2ClNO3. The van der Waals surface area contributed by atoms with Crippen LogP contribution in [0.4, 0.5) is 0 Å². The quantitative estimate of drug-likeness (QED) is 0.250. The molecule has 7 heteroatoms. The van der Waals surface area contributed by atoms with E-state index in [4.69, 9.17) is 25.8 Å². The highest BCUT2D eigenvalue weighted by Gasteiger charge is 2.15. The molecule has 0 atom stereocenters. The number of rotatable bonds is 5. The maximum absolute atomic E-state index is 9.67. The van der Waals surface area contributed by atoms with Gasteiger partial charge in [-0.1, -0.05) is 29.8 Å². The minimum atomic E-state index is 0.194. The second-order valence-corrected chi connectivity index (χ2v) is 8.55. The molecule has 4 rings (SSSR count). The summed E-state index contributed by atoms with van der Waals surface area (Å²) in [5.41, 5.74) is 3.01. The van der Waals surface area contributed by atoms with Crippen LogP contribution in [0.5, 0.6) is 17.2 Å². The molecule has 1 aliphatic heterocycles. The molecule has 3 aromatic carbocycles. The molecule has 0 aromatic heterocycles. The second-order valence-electron chi connectivity index (χ2n) is 6.43. The van der Waals surface area contributed by atoms with Crippen LogP contribution in [-0.2, 0) is 6.61 Å². The lowest BCUT2D eigenvalue weighted by Crippen LogP contribution is -1.98. The van der Waals surface area contributed by atoms with Gasteiger partial charge in [-0.15, -0.1) is 0 Å². The summed E-state index contributed by atoms with van der Waals surface area (Å²) in [5.74, 6) is 1.98. The first-order valence-electron chi connectivity index (χ1n) is 8.92. The number of nitriles is 1. The SMILES string of the molecule is N#C/C(=C/c1cc(Br)c(OCc2ccccc2Cl)c(Br)c1)c1ccc2c(c1)OCO2. The smallest absolute Gasteiger partial charge is 0.231 e. The van der Waals surface area contributed by atoms with Crippen LogP contribution < -0.4 is 14.2 Å². The van der Waals surface area contributed by atoms with Crippen molar-refractivity contribution in [3.63, 3.8) is 0 Å². The normalized spacial score (nSPS) is 12.5. The van der Waals surface area contributed by atoms with E-state index >= 15 is 0 Å². The van der Waals surface area contributed by atoms with E-state index in [9.17, 15) is 5.26 Å². The van der Waals surface area contributed by atoms with Crippen LogP contribution in [0.2, 0.25) is 5.02 Å². The Balaban J connectivity index is 1.59. The van der Waals surface area contributed by atoms with Crippen LogP contribution in [0, 0.1) is 11.3 Å². The van der Waals surface area contributed by atoms with E-state index < -0.39 is 0 Å². The summed E-state index contributed by atoms with van der Waals surface area (Å²) in [7, 11) is 0. The molecule has 30 heavy (non-hydrogen) atoms. The van der Waals surface area contributed by atoms with E-state index in [0.29, 0.717) is 34.5 Å². The minimum Gasteiger partial charge on any atom is -0.486 e. The number of hydrogen-bond acceptors (Lipinski definition) is 4. The zero-order chi connectivity index (χ0) is 21.1. The van der Waals surface area contributed by atoms with Crippen LogP contribution >= 0.6 is 43.5 Å². The third-order valence-corrected chi connectivity index (χ3v) is 6.01. The molecule has 0 saturated heterocycles. The fourth-order valence-corrected chi connectivity index (χ4v) is 4.62. The highest BCUT2D eigenvalue weighted by molar-refractivity contribution is 9.11. The zero-order valence-electron chi connectivity index (χ0n) is 15.5. The van der Waals surface area contributed by atoms with Crippen molar-refractivity contribution >= 4 is 55.1 Å². The van der Waals surface area contributed by atoms with E-state index in [2.05, 4.69) is 37.9 Å². The molecular weight excluding hydrogens is 534 g/mol. The van der Waals surface area contributed by atoms with Crippen molar-refractivity contribution < 1.29 is 14.2 Å². The van der Waals surface area contributed by atoms with Crippen molar-refractivity contribution in [1.29, 1.82) is 5.26 Å². The number of nitrogens with zero attached hydrogens (tertiary/aromatic N) is 1. The predicted octanol–water partition coefficient (Wildman–Crippen LogP) is 7.24. The summed E-state index contributed by atoms with van der Waals surface area (Å²) >= 11 is 13.3. The van der Waals surface area contributed by atoms with Crippen LogP contribution in [0.3, 0.4) is 0 Å². The fraction of sp³-hybridized carbons (Fsp3) is 0.0870. The molecule has 0 amide bonds. The van der Waals surface area contributed by atoms with Crippen molar-refractivity contribution in [2.45, 2.75) is 6.61 Å². The standard InChI is InChI=1S/C23H14Br2ClNO3/c24-18-8-14(7-17(11-27)15-5-6-21-22(10-15)30-13-29-21)9-19(25)23(18)28-12-16-3-1-2-4-20(16)26/h1-10H,12-13H2/b17-7-. The molecule has 150 valence electrons. The molecule has 0 radical (unpaired) electrons. The third kappa shape index (κ3) is 4.49. The number of hydrogen-bond donors (Lipinski definition) is 0. The monoisotopic (exact) mass is 545 g/mol. The van der Waals surface area contributed by atoms with Gasteiger partial charge in [0.2, 0.25) is 6.79 Å². The lowest BCUT2D eigenvalue weighted by Gasteiger charge is -2.12. The van der Waals surface area contributed by atoms with E-state index in [-0.39, 0.29) is 6.79 Å². The van der Waals surface area contributed by atoms with Crippen molar-refractivity contribution in [2.75, 3.05) is 6.79 Å². The first kappa shape index (κ1) is 20.8. The maximum Gasteiger partial charge on any atom is 0.231 e. The number of ether oxygens (including phenoxy) is 3. The zero-order valence-corrected chi connectivity index (χ0v) is 19.4. The first-order valence-corrected chi connectivity index (χ1v) is 10.9. The summed E-state index contributed by atoms with van der Waals surface area (Å²) in [6, 6.07) is 19.1. The van der Waals surface area contributed by atoms with Gasteiger partial charge in [0.05, 0.1) is 20.6 Å². The van der Waals surface area contributed by atoms with Gasteiger partial charge in [0, 0.05) is 10.6 Å². The Morgan fingerprint density at radius 1 is 1.07 bits per heavy atom. The average molecular weight is 548 g/mol. The number of allylic oxidation sites excluding steroid dienone is 1. The molecule has 0 saturated carbocycles. The summed E-state index contributed by atoms with van der Waals surface area (Å²) in [6.07, 6.45) is 1.81. The Hall–Kier alpha value is -2.46. The van der Waals surface area contributed by atoms with Gasteiger partial charge < -0.3 is 14.2 Å². The summed E-state index contributed by atoms with van der Waals surface area (Å²) in [4.78, 5) is 0. The summed E-state index contributed by atoms with van der Waals surface area (Å²) in [6.45, 7) is 0.534. The van der Waals surface area contributed by atoms with Crippen LogP contribution in [0.15, 0.2) is 63.5 Å². The molecule has 0 fully saturated rings. The van der Waals surface area contributed by atoms with E-state index in [1.54, 1.807) is 6.07 Å². The molecule has 4 nitrogen and oxygen atoms in total. The molecule has 1 heterocycles. The molecule has 0 spiro atoms. The molecule has 0 bridgehead atoms. The van der Waals surface area contributed by atoms with Gasteiger partial charge in [-0.3, -0.25) is 0 Å². The molecule has 1 aliphatic rings. The first-order chi connectivity index (χ1) is 14.5. The number of halogens is 3. The van der Waals surface area contributed by atoms with Gasteiger partial charge in [-0.05, 0) is 85.5 Å². The second kappa shape index (κ2) is 9.13. The van der Waals surface area contributed by atoms with E-state index in [1.165, 1.54) is 0 Å². The Labute approximate surface area is 195 Å². The van der Waals surface area contributed by atoms with Crippen LogP contribution in [0.25, 0.3) is 11.6 Å². The van der Waals surface area contributed by atoms with Crippen molar-refractivity contribution in [3.8, 4) is 23.3 Å². The van der Waals surface area contributed by atoms with Gasteiger partial charge in [-0.25, -0.2) is 0 Å². The summed E-state index contributed by atoms with van der Waals surface area (Å²) in [5, 5.41) is 10.3. The molecule has 3 aromatic rings. The Morgan fingerprint density at radius 3 is 2.53 bits per heavy atom. The van der Waals surface area contributed by atoms with Gasteiger partial charge in [0.15, 0.2) is 11.5 Å². The molecule has 0 unspecified atom stereocenters. The minimum absolute atomic E-state index is 0.194. The van der Waals surface area contributed by atoms with E-state index in [1.807, 2.05) is 54.6 Å². The number of benzene rings is 3. The van der Waals surface area contributed by atoms with Crippen molar-refractivity contribution in [2.24, 2.45) is 0 Å². The van der Waals surface area contributed by atoms with Gasteiger partial charge in [0.1, 0.15) is 12.4 Å². The van der Waals surface area contributed by atoms with Gasteiger partial charge in [-0.2, -0.15) is 5.26 Å². The van der Waals surface area contributed by atoms with Gasteiger partial charge in [0.25, 0.3) is 0 Å². The predicted molar refractivity (Wildman–Crippen MR) is 124 cm³/mol. The Bertz CT molecular complexity index is 1160. The van der Waals surface area contributed by atoms with Crippen LogP contribution in [-0.4, -0.2) is 6.79 Å². The fourth-order valence-electron chi connectivity index (χ4n) is 2.98. The maximum atomic E-state index is 9.67. The largest absolute Gasteiger partial charge is 0.486 e. The average Bonchev–Trinajstić information content (AvgIpc) is 3.20. The molecule has 0 aliphatic carbocycles. The highest BCUT2D eigenvalue weighted by atomic mass is 79.9. The third-order valence-electron chi connectivity index (χ3n) is 4.47. The van der Waals surface area contributed by atoms with Crippen molar-refractivity contribution in [1.82, 2.24) is 0 Å².